The van der Waals surface area contributed by atoms with Crippen LogP contribution < -0.4 is 0 Å². The van der Waals surface area contributed by atoms with E-state index in [-0.39, 0.29) is 22.6 Å². The Balaban J connectivity index is 2.00. The molecule has 124 valence electrons. The third kappa shape index (κ3) is 1.80. The molecular weight excluding hydrogens is 302 g/mol. The van der Waals surface area contributed by atoms with Gasteiger partial charge in [0.25, 0.3) is 5.91 Å². The summed E-state index contributed by atoms with van der Waals surface area (Å²) in [4.78, 5) is 12.8. The van der Waals surface area contributed by atoms with Crippen molar-refractivity contribution in [2.24, 2.45) is 16.7 Å². The first-order valence-corrected chi connectivity index (χ1v) is 9.52. The lowest BCUT2D eigenvalue weighted by Gasteiger charge is -2.37. The molecule has 6 heteroatoms. The van der Waals surface area contributed by atoms with Crippen molar-refractivity contribution < 1.29 is 17.9 Å². The highest BCUT2D eigenvalue weighted by atomic mass is 32.2. The largest absolute Gasteiger partial charge is 0.371 e. The van der Waals surface area contributed by atoms with E-state index in [1.165, 1.54) is 11.4 Å². The van der Waals surface area contributed by atoms with E-state index in [0.29, 0.717) is 12.3 Å². The number of carbonyl (C=O) groups is 1. The number of amides is 1. The van der Waals surface area contributed by atoms with Crippen molar-refractivity contribution in [1.29, 1.82) is 0 Å². The van der Waals surface area contributed by atoms with Gasteiger partial charge in [-0.2, -0.15) is 0 Å². The molecule has 3 rings (SSSR count). The van der Waals surface area contributed by atoms with E-state index in [2.05, 4.69) is 20.4 Å². The number of hydrogen-bond acceptors (Lipinski definition) is 4. The summed E-state index contributed by atoms with van der Waals surface area (Å²) < 4.78 is 31.9. The first-order valence-electron chi connectivity index (χ1n) is 7.91. The molecule has 0 N–H and O–H groups in total. The SMILES string of the molecule is C=CC[C@H](OC)C(=O)N1[C@@H]2C[C@H]3CC[C@]2(CS1(=O)=O)C3(C)C. The van der Waals surface area contributed by atoms with Crippen molar-refractivity contribution in [1.82, 2.24) is 4.31 Å². The molecule has 3 fully saturated rings. The average molecular weight is 327 g/mol. The summed E-state index contributed by atoms with van der Waals surface area (Å²) in [6.07, 6.45) is 3.93. The van der Waals surface area contributed by atoms with Crippen molar-refractivity contribution in [3.8, 4) is 0 Å². The first-order chi connectivity index (χ1) is 10.2. The van der Waals surface area contributed by atoms with Crippen molar-refractivity contribution in [2.75, 3.05) is 12.9 Å². The minimum atomic E-state index is -3.56. The van der Waals surface area contributed by atoms with E-state index in [0.717, 1.165) is 19.3 Å². The van der Waals surface area contributed by atoms with Crippen molar-refractivity contribution in [3.05, 3.63) is 12.7 Å². The number of fused-ring (bicyclic) bond motifs is 1. The van der Waals surface area contributed by atoms with Crippen LogP contribution in [0.5, 0.6) is 0 Å². The van der Waals surface area contributed by atoms with Crippen LogP contribution in [-0.4, -0.2) is 43.6 Å². The number of hydrogen-bond donors (Lipinski definition) is 0. The topological polar surface area (TPSA) is 63.7 Å². The Labute approximate surface area is 132 Å². The number of nitrogens with zero attached hydrogens (tertiary/aromatic N) is 1. The fourth-order valence-corrected chi connectivity index (χ4v) is 7.74. The number of ether oxygens (including phenoxy) is 1. The molecule has 22 heavy (non-hydrogen) atoms. The van der Waals surface area contributed by atoms with Crippen LogP contribution in [0.1, 0.15) is 39.5 Å². The molecule has 0 aromatic heterocycles. The summed E-state index contributed by atoms with van der Waals surface area (Å²) in [5.74, 6) is 0.182. The van der Waals surface area contributed by atoms with Crippen LogP contribution in [-0.2, 0) is 19.6 Å². The molecule has 2 bridgehead atoms. The minimum Gasteiger partial charge on any atom is -0.371 e. The summed E-state index contributed by atoms with van der Waals surface area (Å²) >= 11 is 0. The maximum Gasteiger partial charge on any atom is 0.265 e. The highest BCUT2D eigenvalue weighted by Crippen LogP contribution is 2.70. The normalized spacial score (nSPS) is 38.8. The highest BCUT2D eigenvalue weighted by molar-refractivity contribution is 7.90. The third-order valence-corrected chi connectivity index (χ3v) is 8.48. The fourth-order valence-electron chi connectivity index (χ4n) is 5.17. The van der Waals surface area contributed by atoms with E-state index in [1.54, 1.807) is 6.08 Å². The van der Waals surface area contributed by atoms with E-state index in [1.807, 2.05) is 0 Å². The molecule has 0 unspecified atom stereocenters. The van der Waals surface area contributed by atoms with E-state index in [9.17, 15) is 13.2 Å². The lowest BCUT2D eigenvalue weighted by atomic mass is 9.69. The monoisotopic (exact) mass is 327 g/mol. The lowest BCUT2D eigenvalue weighted by molar-refractivity contribution is -0.139. The molecule has 1 saturated heterocycles. The van der Waals surface area contributed by atoms with Gasteiger partial charge in [0.15, 0.2) is 0 Å². The van der Waals surface area contributed by atoms with Gasteiger partial charge >= 0.3 is 0 Å². The Kier molecular flexibility index (Phi) is 3.49. The van der Waals surface area contributed by atoms with Crippen LogP contribution in [0.2, 0.25) is 0 Å². The third-order valence-electron chi connectivity index (χ3n) is 6.57. The molecule has 2 saturated carbocycles. The fraction of sp³-hybridized carbons (Fsp3) is 0.812. The van der Waals surface area contributed by atoms with E-state index in [4.69, 9.17) is 4.74 Å². The second kappa shape index (κ2) is 4.81. The van der Waals surface area contributed by atoms with Gasteiger partial charge in [-0.15, -0.1) is 6.58 Å². The van der Waals surface area contributed by atoms with Crippen molar-refractivity contribution in [3.63, 3.8) is 0 Å². The maximum absolute atomic E-state index is 12.8. The van der Waals surface area contributed by atoms with Crippen LogP contribution in [0.15, 0.2) is 12.7 Å². The average Bonchev–Trinajstić information content (AvgIpc) is 2.90. The van der Waals surface area contributed by atoms with Crippen LogP contribution >= 0.6 is 0 Å². The summed E-state index contributed by atoms with van der Waals surface area (Å²) in [5.41, 5.74) is -0.306. The first kappa shape index (κ1) is 16.0. The molecule has 4 atom stereocenters. The van der Waals surface area contributed by atoms with Gasteiger partial charge in [0, 0.05) is 18.9 Å². The van der Waals surface area contributed by atoms with Gasteiger partial charge in [0.2, 0.25) is 10.0 Å². The predicted molar refractivity (Wildman–Crippen MR) is 83.6 cm³/mol. The van der Waals surface area contributed by atoms with Crippen LogP contribution in [0.4, 0.5) is 0 Å². The van der Waals surface area contributed by atoms with Crippen molar-refractivity contribution >= 4 is 15.9 Å². The Morgan fingerprint density at radius 3 is 2.73 bits per heavy atom. The zero-order chi connectivity index (χ0) is 16.3. The summed E-state index contributed by atoms with van der Waals surface area (Å²) in [6.45, 7) is 7.96. The Bertz CT molecular complexity index is 612. The number of rotatable bonds is 4. The predicted octanol–water partition coefficient (Wildman–Crippen LogP) is 1.94. The molecule has 0 aromatic rings. The Hall–Kier alpha value is -0.880. The highest BCUT2D eigenvalue weighted by Gasteiger charge is 2.72. The lowest BCUT2D eigenvalue weighted by Crippen LogP contribution is -2.48. The van der Waals surface area contributed by atoms with E-state index >= 15 is 0 Å². The molecule has 0 radical (unpaired) electrons. The molecule has 5 nitrogen and oxygen atoms in total. The van der Waals surface area contributed by atoms with E-state index < -0.39 is 22.0 Å². The van der Waals surface area contributed by atoms with Gasteiger partial charge in [-0.25, -0.2) is 12.7 Å². The molecule has 2 aliphatic carbocycles. The smallest absolute Gasteiger partial charge is 0.265 e. The summed E-state index contributed by atoms with van der Waals surface area (Å²) in [5, 5.41) is 0. The van der Waals surface area contributed by atoms with Gasteiger partial charge in [-0.05, 0) is 30.6 Å². The van der Waals surface area contributed by atoms with Crippen LogP contribution in [0.25, 0.3) is 0 Å². The molecule has 3 aliphatic rings. The molecule has 1 spiro atoms. The van der Waals surface area contributed by atoms with Crippen LogP contribution in [0.3, 0.4) is 0 Å². The summed E-state index contributed by atoms with van der Waals surface area (Å²) in [6, 6.07) is -0.193. The zero-order valence-corrected chi connectivity index (χ0v) is 14.4. The van der Waals surface area contributed by atoms with Crippen molar-refractivity contribution in [2.45, 2.75) is 51.7 Å². The number of methoxy groups -OCH3 is 1. The molecule has 0 aromatic carbocycles. The minimum absolute atomic E-state index is 0.0270. The Morgan fingerprint density at radius 2 is 2.18 bits per heavy atom. The van der Waals surface area contributed by atoms with Gasteiger partial charge in [-0.1, -0.05) is 19.9 Å². The molecular formula is C16H25NO4S. The zero-order valence-electron chi connectivity index (χ0n) is 13.5. The van der Waals surface area contributed by atoms with Crippen LogP contribution in [0, 0.1) is 16.7 Å². The molecule has 1 amide bonds. The van der Waals surface area contributed by atoms with Gasteiger partial charge in [0.05, 0.1) is 11.8 Å². The number of sulfonamides is 1. The standard InChI is InChI=1S/C16H25NO4S/c1-5-6-12(21-4)14(18)17-13-9-11-7-8-16(13,15(11,2)3)10-22(17,19)20/h5,11-13H,1,6-10H2,2-4H3/t11-,12+,13-,16-/m1/s1. The molecule has 1 aliphatic heterocycles. The van der Waals surface area contributed by atoms with Gasteiger partial charge in [0.1, 0.15) is 6.10 Å². The van der Waals surface area contributed by atoms with Gasteiger partial charge in [-0.3, -0.25) is 4.79 Å². The number of carbonyl (C=O) groups excluding carboxylic acids is 1. The quantitative estimate of drug-likeness (QED) is 0.740. The second-order valence-electron chi connectivity index (χ2n) is 7.50. The second-order valence-corrected chi connectivity index (χ2v) is 9.35. The Morgan fingerprint density at radius 1 is 1.50 bits per heavy atom. The van der Waals surface area contributed by atoms with Gasteiger partial charge < -0.3 is 4.74 Å². The maximum atomic E-state index is 12.8. The summed E-state index contributed by atoms with van der Waals surface area (Å²) in [7, 11) is -2.12. The molecule has 1 heterocycles.